The minimum atomic E-state index is 0.735. The molecule has 1 aromatic carbocycles. The lowest BCUT2D eigenvalue weighted by Gasteiger charge is -2.37. The van der Waals surface area contributed by atoms with Crippen molar-refractivity contribution in [1.82, 2.24) is 0 Å². The maximum atomic E-state index is 6.35. The zero-order chi connectivity index (χ0) is 12.5. The van der Waals surface area contributed by atoms with Gasteiger partial charge in [-0.05, 0) is 56.7 Å². The molecule has 0 bridgehead atoms. The Labute approximate surface area is 113 Å². The summed E-state index contributed by atoms with van der Waals surface area (Å²) >= 11 is 6.35. The number of anilines is 2. The molecule has 0 atom stereocenters. The summed E-state index contributed by atoms with van der Waals surface area (Å²) in [6.45, 7) is 1.09. The van der Waals surface area contributed by atoms with E-state index in [1.807, 2.05) is 12.1 Å². The molecule has 0 saturated heterocycles. The molecule has 1 aliphatic heterocycles. The molecule has 1 heterocycles. The van der Waals surface area contributed by atoms with Crippen LogP contribution >= 0.6 is 11.6 Å². The van der Waals surface area contributed by atoms with Crippen LogP contribution in [-0.2, 0) is 0 Å². The summed E-state index contributed by atoms with van der Waals surface area (Å²) < 4.78 is 0. The molecule has 96 valence electrons. The molecule has 0 spiro atoms. The van der Waals surface area contributed by atoms with Crippen molar-refractivity contribution in [3.05, 3.63) is 34.5 Å². The van der Waals surface area contributed by atoms with Crippen LogP contribution in [0.25, 0.3) is 0 Å². The Morgan fingerprint density at radius 1 is 1.06 bits per heavy atom. The van der Waals surface area contributed by atoms with E-state index in [0.29, 0.717) is 0 Å². The van der Waals surface area contributed by atoms with Gasteiger partial charge in [0.25, 0.3) is 0 Å². The first-order valence-corrected chi connectivity index (χ1v) is 7.17. The molecular formula is C15H19ClN2. The largest absolute Gasteiger partial charge is 0.399 e. The molecule has 3 heteroatoms. The smallest absolute Gasteiger partial charge is 0.0663 e. The van der Waals surface area contributed by atoms with Gasteiger partial charge in [0.1, 0.15) is 0 Å². The molecule has 0 radical (unpaired) electrons. The van der Waals surface area contributed by atoms with Gasteiger partial charge in [0, 0.05) is 17.9 Å². The van der Waals surface area contributed by atoms with E-state index in [4.69, 9.17) is 17.3 Å². The first-order valence-electron chi connectivity index (χ1n) is 6.79. The molecule has 2 N–H and O–H groups in total. The molecule has 18 heavy (non-hydrogen) atoms. The number of rotatable bonds is 1. The molecule has 2 aliphatic rings. The van der Waals surface area contributed by atoms with E-state index in [0.717, 1.165) is 22.9 Å². The van der Waals surface area contributed by atoms with Crippen LogP contribution in [0.3, 0.4) is 0 Å². The van der Waals surface area contributed by atoms with Gasteiger partial charge in [-0.3, -0.25) is 0 Å². The summed E-state index contributed by atoms with van der Waals surface area (Å²) in [5.41, 5.74) is 10.8. The molecule has 0 amide bonds. The van der Waals surface area contributed by atoms with E-state index >= 15 is 0 Å². The van der Waals surface area contributed by atoms with Gasteiger partial charge in [-0.2, -0.15) is 0 Å². The van der Waals surface area contributed by atoms with Crippen LogP contribution in [0.5, 0.6) is 0 Å². The van der Waals surface area contributed by atoms with Crippen LogP contribution in [-0.4, -0.2) is 6.54 Å². The average Bonchev–Trinajstić information content (AvgIpc) is 2.38. The minimum Gasteiger partial charge on any atom is -0.399 e. The molecule has 0 unspecified atom stereocenters. The van der Waals surface area contributed by atoms with Gasteiger partial charge in [0.15, 0.2) is 0 Å². The quantitative estimate of drug-likeness (QED) is 0.763. The van der Waals surface area contributed by atoms with Gasteiger partial charge in [-0.25, -0.2) is 0 Å². The maximum Gasteiger partial charge on any atom is 0.0663 e. The number of benzene rings is 1. The summed E-state index contributed by atoms with van der Waals surface area (Å²) in [7, 11) is 0. The van der Waals surface area contributed by atoms with Crippen LogP contribution in [0.4, 0.5) is 11.4 Å². The van der Waals surface area contributed by atoms with E-state index in [9.17, 15) is 0 Å². The normalized spacial score (nSPS) is 19.9. The third-order valence-corrected chi connectivity index (χ3v) is 4.30. The fraction of sp³-hybridized carbons (Fsp3) is 0.467. The summed E-state index contributed by atoms with van der Waals surface area (Å²) in [6, 6.07) is 5.86. The van der Waals surface area contributed by atoms with Crippen molar-refractivity contribution in [1.29, 1.82) is 0 Å². The molecule has 1 aliphatic carbocycles. The first kappa shape index (κ1) is 11.9. The second kappa shape index (κ2) is 4.85. The van der Waals surface area contributed by atoms with Crippen molar-refractivity contribution >= 4 is 23.0 Å². The Kier molecular flexibility index (Phi) is 3.21. The number of nitrogens with zero attached hydrogens (tertiary/aromatic N) is 1. The van der Waals surface area contributed by atoms with Crippen LogP contribution < -0.4 is 10.6 Å². The fourth-order valence-electron chi connectivity index (χ4n) is 3.14. The number of halogens is 1. The van der Waals surface area contributed by atoms with Crippen molar-refractivity contribution in [3.8, 4) is 0 Å². The number of nitrogen functional groups attached to an aromatic ring is 1. The fourth-order valence-corrected chi connectivity index (χ4v) is 3.43. The molecule has 0 saturated carbocycles. The molecule has 3 rings (SSSR count). The lowest BCUT2D eigenvalue weighted by molar-refractivity contribution is 0.579. The SMILES string of the molecule is Nc1ccc(N2CCCC3=C2CCCC3)c(Cl)c1. The van der Waals surface area contributed by atoms with Gasteiger partial charge in [0.2, 0.25) is 0 Å². The Morgan fingerprint density at radius 3 is 2.67 bits per heavy atom. The lowest BCUT2D eigenvalue weighted by atomic mass is 9.89. The molecule has 2 nitrogen and oxygen atoms in total. The Balaban J connectivity index is 2.00. The van der Waals surface area contributed by atoms with Crippen molar-refractivity contribution in [2.75, 3.05) is 17.2 Å². The predicted octanol–water partition coefficient (Wildman–Crippen LogP) is 4.35. The van der Waals surface area contributed by atoms with Gasteiger partial charge in [-0.1, -0.05) is 17.2 Å². The maximum absolute atomic E-state index is 6.35. The van der Waals surface area contributed by atoms with Gasteiger partial charge < -0.3 is 10.6 Å². The van der Waals surface area contributed by atoms with Gasteiger partial charge in [-0.15, -0.1) is 0 Å². The van der Waals surface area contributed by atoms with Crippen molar-refractivity contribution in [2.45, 2.75) is 38.5 Å². The third-order valence-electron chi connectivity index (χ3n) is 4.00. The van der Waals surface area contributed by atoms with Gasteiger partial charge in [0.05, 0.1) is 10.7 Å². The van der Waals surface area contributed by atoms with Crippen LogP contribution in [0.2, 0.25) is 5.02 Å². The number of allylic oxidation sites excluding steroid dienone is 2. The van der Waals surface area contributed by atoms with E-state index in [2.05, 4.69) is 11.0 Å². The molecule has 0 aromatic heterocycles. The zero-order valence-electron chi connectivity index (χ0n) is 10.6. The van der Waals surface area contributed by atoms with Crippen LogP contribution in [0, 0.1) is 0 Å². The average molecular weight is 263 g/mol. The molecule has 0 fully saturated rings. The molecule has 1 aromatic rings. The summed E-state index contributed by atoms with van der Waals surface area (Å²) in [4.78, 5) is 2.42. The van der Waals surface area contributed by atoms with E-state index in [-0.39, 0.29) is 0 Å². The number of hydrogen-bond acceptors (Lipinski definition) is 2. The topological polar surface area (TPSA) is 29.3 Å². The summed E-state index contributed by atoms with van der Waals surface area (Å²) in [5.74, 6) is 0. The van der Waals surface area contributed by atoms with E-state index in [1.165, 1.54) is 44.2 Å². The van der Waals surface area contributed by atoms with Crippen LogP contribution in [0.15, 0.2) is 29.5 Å². The Bertz CT molecular complexity index is 489. The predicted molar refractivity (Wildman–Crippen MR) is 77.9 cm³/mol. The van der Waals surface area contributed by atoms with Crippen molar-refractivity contribution in [3.63, 3.8) is 0 Å². The first-order chi connectivity index (χ1) is 8.75. The lowest BCUT2D eigenvalue weighted by Crippen LogP contribution is -2.30. The highest BCUT2D eigenvalue weighted by Crippen LogP contribution is 2.39. The summed E-state index contributed by atoms with van der Waals surface area (Å²) in [6.07, 6.45) is 7.65. The Morgan fingerprint density at radius 2 is 1.83 bits per heavy atom. The minimum absolute atomic E-state index is 0.735. The highest BCUT2D eigenvalue weighted by atomic mass is 35.5. The second-order valence-electron chi connectivity index (χ2n) is 5.22. The highest BCUT2D eigenvalue weighted by Gasteiger charge is 2.24. The number of hydrogen-bond donors (Lipinski definition) is 1. The summed E-state index contributed by atoms with van der Waals surface area (Å²) in [5, 5.41) is 0.773. The van der Waals surface area contributed by atoms with E-state index < -0.39 is 0 Å². The van der Waals surface area contributed by atoms with Gasteiger partial charge >= 0.3 is 0 Å². The Hall–Kier alpha value is -1.15. The second-order valence-corrected chi connectivity index (χ2v) is 5.63. The van der Waals surface area contributed by atoms with E-state index in [1.54, 1.807) is 5.57 Å². The van der Waals surface area contributed by atoms with Crippen LogP contribution in [0.1, 0.15) is 38.5 Å². The van der Waals surface area contributed by atoms with Crippen molar-refractivity contribution in [2.24, 2.45) is 0 Å². The third kappa shape index (κ3) is 2.10. The van der Waals surface area contributed by atoms with Crippen molar-refractivity contribution < 1.29 is 0 Å². The monoisotopic (exact) mass is 262 g/mol. The molecular weight excluding hydrogens is 244 g/mol. The standard InChI is InChI=1S/C15H19ClN2/c16-13-10-12(17)7-8-15(13)18-9-3-5-11-4-1-2-6-14(11)18/h7-8,10H,1-6,9,17H2. The zero-order valence-corrected chi connectivity index (χ0v) is 11.3. The highest BCUT2D eigenvalue weighted by molar-refractivity contribution is 6.33. The number of nitrogens with two attached hydrogens (primary N) is 1.